The third-order valence-electron chi connectivity index (χ3n) is 5.20. The molecule has 0 amide bonds. The Bertz CT molecular complexity index is 761. The summed E-state index contributed by atoms with van der Waals surface area (Å²) in [6.45, 7) is 2.20. The zero-order valence-electron chi connectivity index (χ0n) is 15.2. The van der Waals surface area contributed by atoms with Crippen LogP contribution in [-0.4, -0.2) is 56.6 Å². The maximum Gasteiger partial charge on any atom is 0.143 e. The molecule has 1 saturated heterocycles. The number of halogens is 2. The first-order chi connectivity index (χ1) is 13.2. The molecule has 27 heavy (non-hydrogen) atoms. The molecule has 0 N–H and O–H groups in total. The smallest absolute Gasteiger partial charge is 0.143 e. The lowest BCUT2D eigenvalue weighted by Crippen LogP contribution is -2.54. The first-order valence-electron chi connectivity index (χ1n) is 9.43. The minimum atomic E-state index is -0.977. The normalized spacial score (nSPS) is 23.0. The van der Waals surface area contributed by atoms with Crippen molar-refractivity contribution in [3.8, 4) is 5.75 Å². The van der Waals surface area contributed by atoms with Crippen molar-refractivity contribution in [1.29, 1.82) is 0 Å². The van der Waals surface area contributed by atoms with E-state index < -0.39 is 12.8 Å². The number of anilines is 1. The van der Waals surface area contributed by atoms with Crippen molar-refractivity contribution in [1.82, 2.24) is 4.90 Å². The van der Waals surface area contributed by atoms with Crippen LogP contribution in [0.15, 0.2) is 58.3 Å². The van der Waals surface area contributed by atoms with Gasteiger partial charge in [0.25, 0.3) is 0 Å². The predicted molar refractivity (Wildman–Crippen MR) is 106 cm³/mol. The zero-order valence-corrected chi connectivity index (χ0v) is 16.0. The number of alkyl halides is 2. The van der Waals surface area contributed by atoms with Crippen LogP contribution in [0.1, 0.15) is 6.42 Å². The van der Waals surface area contributed by atoms with Crippen LogP contribution in [0.25, 0.3) is 0 Å². The van der Waals surface area contributed by atoms with E-state index in [2.05, 4.69) is 23.1 Å². The first kappa shape index (κ1) is 18.6. The van der Waals surface area contributed by atoms with Crippen LogP contribution in [-0.2, 0) is 0 Å². The summed E-state index contributed by atoms with van der Waals surface area (Å²) in [5.41, 5.74) is 0.963. The van der Waals surface area contributed by atoms with Gasteiger partial charge in [0, 0.05) is 29.4 Å². The van der Waals surface area contributed by atoms with E-state index >= 15 is 0 Å². The molecule has 0 spiro atoms. The Labute approximate surface area is 163 Å². The molecule has 0 aliphatic carbocycles. The largest absolute Gasteiger partial charge is 0.490 e. The zero-order chi connectivity index (χ0) is 18.6. The highest BCUT2D eigenvalue weighted by Crippen LogP contribution is 2.39. The Morgan fingerprint density at radius 1 is 1.07 bits per heavy atom. The Morgan fingerprint density at radius 3 is 2.70 bits per heavy atom. The van der Waals surface area contributed by atoms with E-state index in [4.69, 9.17) is 4.74 Å². The van der Waals surface area contributed by atoms with Gasteiger partial charge in [0.1, 0.15) is 25.2 Å². The molecule has 4 rings (SSSR count). The number of ether oxygens (including phenoxy) is 1. The van der Waals surface area contributed by atoms with Gasteiger partial charge in [-0.2, -0.15) is 0 Å². The van der Waals surface area contributed by atoms with Crippen LogP contribution in [0.4, 0.5) is 14.5 Å². The fourth-order valence-corrected chi connectivity index (χ4v) is 4.75. The fraction of sp³-hybridized carbons (Fsp3) is 0.429. The number of nitrogens with zero attached hydrogens (tertiary/aromatic N) is 2. The molecule has 3 nitrogen and oxygen atoms in total. The van der Waals surface area contributed by atoms with Crippen LogP contribution < -0.4 is 9.64 Å². The van der Waals surface area contributed by atoms with Crippen molar-refractivity contribution in [2.24, 2.45) is 0 Å². The number of likely N-dealkylation sites (tertiary alicyclic amines) is 1. The third kappa shape index (κ3) is 4.22. The highest BCUT2D eigenvalue weighted by atomic mass is 32.2. The molecule has 6 heteroatoms. The number of rotatable bonds is 5. The van der Waals surface area contributed by atoms with Crippen molar-refractivity contribution >= 4 is 17.4 Å². The molecule has 0 aromatic heterocycles. The van der Waals surface area contributed by atoms with Crippen molar-refractivity contribution in [3.05, 3.63) is 48.5 Å². The van der Waals surface area contributed by atoms with Crippen molar-refractivity contribution in [2.75, 3.05) is 44.4 Å². The van der Waals surface area contributed by atoms with Gasteiger partial charge < -0.3 is 9.64 Å². The molecule has 2 aromatic rings. The lowest BCUT2D eigenvalue weighted by molar-refractivity contribution is 0.106. The predicted octanol–water partition coefficient (Wildman–Crippen LogP) is 4.42. The van der Waals surface area contributed by atoms with E-state index in [1.165, 1.54) is 4.90 Å². The van der Waals surface area contributed by atoms with Crippen LogP contribution in [0.5, 0.6) is 5.75 Å². The molecule has 2 aliphatic heterocycles. The molecule has 0 radical (unpaired) electrons. The van der Waals surface area contributed by atoms with E-state index in [0.717, 1.165) is 22.9 Å². The second-order valence-corrected chi connectivity index (χ2v) is 8.10. The number of benzene rings is 2. The standard InChI is InChI=1S/C21H24F2N2OS/c22-9-11-24-10-8-19(18(23)15-24)25-12-13-26-21-14-17(6-7-20(21)25)27-16-4-2-1-3-5-16/h1-7,14,18-19H,8-13,15H2. The Morgan fingerprint density at radius 2 is 1.93 bits per heavy atom. The van der Waals surface area contributed by atoms with Gasteiger partial charge >= 0.3 is 0 Å². The summed E-state index contributed by atoms with van der Waals surface area (Å²) < 4.78 is 33.3. The molecular weight excluding hydrogens is 366 g/mol. The van der Waals surface area contributed by atoms with Crippen LogP contribution >= 0.6 is 11.8 Å². The Hall–Kier alpha value is -1.79. The topological polar surface area (TPSA) is 15.7 Å². The molecule has 1 fully saturated rings. The summed E-state index contributed by atoms with van der Waals surface area (Å²) in [5.74, 6) is 0.820. The lowest BCUT2D eigenvalue weighted by Gasteiger charge is -2.43. The van der Waals surface area contributed by atoms with Gasteiger partial charge in [0.05, 0.1) is 18.3 Å². The summed E-state index contributed by atoms with van der Waals surface area (Å²) in [4.78, 5) is 6.31. The highest BCUT2D eigenvalue weighted by Gasteiger charge is 2.35. The highest BCUT2D eigenvalue weighted by molar-refractivity contribution is 7.99. The molecule has 2 aromatic carbocycles. The quantitative estimate of drug-likeness (QED) is 0.751. The molecule has 2 aliphatic rings. The SMILES string of the molecule is FCCN1CCC(N2CCOc3cc(Sc4ccccc4)ccc32)C(F)C1. The van der Waals surface area contributed by atoms with Gasteiger partial charge in [-0.05, 0) is 36.8 Å². The second kappa shape index (κ2) is 8.48. The van der Waals surface area contributed by atoms with Crippen molar-refractivity contribution < 1.29 is 13.5 Å². The van der Waals surface area contributed by atoms with Crippen molar-refractivity contribution in [3.63, 3.8) is 0 Å². The van der Waals surface area contributed by atoms with Gasteiger partial charge in [-0.15, -0.1) is 0 Å². The lowest BCUT2D eigenvalue weighted by atomic mass is 9.99. The third-order valence-corrected chi connectivity index (χ3v) is 6.20. The van der Waals surface area contributed by atoms with Gasteiger partial charge in [0.15, 0.2) is 0 Å². The first-order valence-corrected chi connectivity index (χ1v) is 10.2. The number of piperidine rings is 1. The maximum atomic E-state index is 14.8. The van der Waals surface area contributed by atoms with E-state index in [0.29, 0.717) is 32.7 Å². The minimum Gasteiger partial charge on any atom is -0.490 e. The van der Waals surface area contributed by atoms with Crippen LogP contribution in [0.2, 0.25) is 0 Å². The summed E-state index contributed by atoms with van der Waals surface area (Å²) in [5, 5.41) is 0. The number of fused-ring (bicyclic) bond motifs is 1. The van der Waals surface area contributed by atoms with Gasteiger partial charge in [-0.1, -0.05) is 30.0 Å². The molecule has 2 heterocycles. The van der Waals surface area contributed by atoms with Crippen LogP contribution in [0.3, 0.4) is 0 Å². The van der Waals surface area contributed by atoms with E-state index in [1.807, 2.05) is 35.2 Å². The maximum absolute atomic E-state index is 14.8. The molecular formula is C21H24F2N2OS. The minimum absolute atomic E-state index is 0.170. The molecule has 144 valence electrons. The molecule has 0 bridgehead atoms. The summed E-state index contributed by atoms with van der Waals surface area (Å²) in [6, 6.07) is 16.2. The van der Waals surface area contributed by atoms with E-state index in [-0.39, 0.29) is 6.04 Å². The molecule has 0 saturated carbocycles. The summed E-state index contributed by atoms with van der Waals surface area (Å²) >= 11 is 1.69. The van der Waals surface area contributed by atoms with Crippen molar-refractivity contribution in [2.45, 2.75) is 28.4 Å². The van der Waals surface area contributed by atoms with E-state index in [1.54, 1.807) is 11.8 Å². The Balaban J connectivity index is 1.50. The Kier molecular flexibility index (Phi) is 5.83. The van der Waals surface area contributed by atoms with Gasteiger partial charge in [-0.3, -0.25) is 4.90 Å². The average molecular weight is 390 g/mol. The van der Waals surface area contributed by atoms with Gasteiger partial charge in [-0.25, -0.2) is 8.78 Å². The fourth-order valence-electron chi connectivity index (χ4n) is 3.88. The second-order valence-electron chi connectivity index (χ2n) is 6.95. The summed E-state index contributed by atoms with van der Waals surface area (Å²) in [7, 11) is 0. The van der Waals surface area contributed by atoms with E-state index in [9.17, 15) is 8.78 Å². The average Bonchev–Trinajstić information content (AvgIpc) is 2.69. The molecule has 2 atom stereocenters. The number of hydrogen-bond acceptors (Lipinski definition) is 4. The van der Waals surface area contributed by atoms with Gasteiger partial charge in [0.2, 0.25) is 0 Å². The monoisotopic (exact) mass is 390 g/mol. The number of hydrogen-bond donors (Lipinski definition) is 0. The van der Waals surface area contributed by atoms with Crippen LogP contribution in [0, 0.1) is 0 Å². The molecule has 2 unspecified atom stereocenters. The summed E-state index contributed by atoms with van der Waals surface area (Å²) in [6.07, 6.45) is -0.268.